The highest BCUT2D eigenvalue weighted by atomic mass is 16.6. The van der Waals surface area contributed by atoms with Crippen LogP contribution in [0.1, 0.15) is 95.3 Å². The van der Waals surface area contributed by atoms with Crippen molar-refractivity contribution < 1.29 is 33.3 Å². The van der Waals surface area contributed by atoms with Gasteiger partial charge in [0.15, 0.2) is 0 Å². The number of allylic oxidation sites excluding steroid dienone is 2. The molecular formula is C44H54N6O7. The number of likely N-dealkylation sites (tertiary alicyclic amines) is 2. The minimum atomic E-state index is -0.688. The maximum atomic E-state index is 13.6. The van der Waals surface area contributed by atoms with E-state index in [4.69, 9.17) is 28.9 Å². The van der Waals surface area contributed by atoms with E-state index in [1.807, 2.05) is 50.6 Å². The standard InChI is InChI=1S/C44H54N6O7/c1-24(2)39(48-42(52)55-7)41(51)49-14-8-9-36(49)40-45-20-35(47-40)27-10-12-29-28(16-27)23-56-38-19-30-26(17-32(29)38)11-13-33-31(30)18-34(46-33)37-15-25(22-54-6)21-50(37)43(53)57-44(3,4)5/h10,12,16-17,19-20,24-25,36-37,39H,8-9,11,13-15,18,21-23H2,1-7H3,(H,45,47)(H,48,52)/t25-,36-,37-,39-/m0/s1. The Morgan fingerprint density at radius 2 is 1.84 bits per heavy atom. The second-order valence-corrected chi connectivity index (χ2v) is 17.3. The summed E-state index contributed by atoms with van der Waals surface area (Å²) in [5.41, 5.74) is 10.5. The third-order valence-electron chi connectivity index (χ3n) is 11.9. The van der Waals surface area contributed by atoms with E-state index in [1.165, 1.54) is 23.8 Å². The Balaban J connectivity index is 0.991. The summed E-state index contributed by atoms with van der Waals surface area (Å²) < 4.78 is 22.6. The Hall–Kier alpha value is -5.17. The minimum absolute atomic E-state index is 0.104. The second kappa shape index (κ2) is 15.3. The predicted molar refractivity (Wildman–Crippen MR) is 216 cm³/mol. The number of carbonyl (C=O) groups is 3. The van der Waals surface area contributed by atoms with E-state index in [1.54, 1.807) is 7.11 Å². The number of aryl methyl sites for hydroxylation is 1. The van der Waals surface area contributed by atoms with Gasteiger partial charge in [0.25, 0.3) is 0 Å². The molecule has 2 N–H and O–H groups in total. The number of nitrogens with one attached hydrogen (secondary N) is 2. The van der Waals surface area contributed by atoms with Crippen LogP contribution in [-0.4, -0.2) is 95.2 Å². The largest absolute Gasteiger partial charge is 0.488 e. The predicted octanol–water partition coefficient (Wildman–Crippen LogP) is 7.45. The normalized spacial score (nSPS) is 21.7. The lowest BCUT2D eigenvalue weighted by Crippen LogP contribution is -2.51. The van der Waals surface area contributed by atoms with Gasteiger partial charge < -0.3 is 34.1 Å². The van der Waals surface area contributed by atoms with Crippen molar-refractivity contribution in [1.29, 1.82) is 0 Å². The number of benzene rings is 2. The number of aliphatic imine (C=N–C) groups is 1. The molecule has 13 heteroatoms. The highest BCUT2D eigenvalue weighted by Gasteiger charge is 2.43. The van der Waals surface area contributed by atoms with Crippen molar-refractivity contribution in [3.63, 3.8) is 0 Å². The number of aromatic nitrogens is 2. The maximum Gasteiger partial charge on any atom is 0.410 e. The van der Waals surface area contributed by atoms with E-state index in [0.29, 0.717) is 32.7 Å². The van der Waals surface area contributed by atoms with Crippen molar-refractivity contribution in [1.82, 2.24) is 25.1 Å². The molecule has 302 valence electrons. The molecule has 0 bridgehead atoms. The van der Waals surface area contributed by atoms with Crippen LogP contribution >= 0.6 is 0 Å². The number of rotatable bonds is 8. The van der Waals surface area contributed by atoms with Crippen LogP contribution < -0.4 is 10.1 Å². The zero-order valence-electron chi connectivity index (χ0n) is 34.1. The van der Waals surface area contributed by atoms with Gasteiger partial charge in [-0.25, -0.2) is 14.6 Å². The van der Waals surface area contributed by atoms with E-state index in [2.05, 4.69) is 40.6 Å². The number of amides is 3. The number of H-pyrrole nitrogens is 1. The Morgan fingerprint density at radius 1 is 1.02 bits per heavy atom. The molecule has 0 spiro atoms. The third kappa shape index (κ3) is 7.53. The number of nitrogens with zero attached hydrogens (tertiary/aromatic N) is 4. The lowest BCUT2D eigenvalue weighted by molar-refractivity contribution is -0.135. The van der Waals surface area contributed by atoms with Crippen LogP contribution in [0, 0.1) is 11.8 Å². The number of methoxy groups -OCH3 is 2. The lowest BCUT2D eigenvalue weighted by Gasteiger charge is -2.30. The van der Waals surface area contributed by atoms with E-state index >= 15 is 0 Å². The Labute approximate surface area is 334 Å². The molecule has 5 aliphatic rings. The quantitative estimate of drug-likeness (QED) is 0.240. The molecule has 5 heterocycles. The van der Waals surface area contributed by atoms with Crippen LogP contribution in [0.3, 0.4) is 0 Å². The fourth-order valence-electron chi connectivity index (χ4n) is 9.17. The van der Waals surface area contributed by atoms with Gasteiger partial charge in [0.05, 0.1) is 37.7 Å². The van der Waals surface area contributed by atoms with E-state index in [9.17, 15) is 14.4 Å². The van der Waals surface area contributed by atoms with Crippen LogP contribution in [0.4, 0.5) is 9.59 Å². The van der Waals surface area contributed by atoms with Gasteiger partial charge in [0.1, 0.15) is 29.8 Å². The first-order valence-corrected chi connectivity index (χ1v) is 20.2. The van der Waals surface area contributed by atoms with Crippen LogP contribution in [0.5, 0.6) is 5.75 Å². The second-order valence-electron chi connectivity index (χ2n) is 17.3. The molecule has 2 saturated heterocycles. The van der Waals surface area contributed by atoms with Crippen molar-refractivity contribution in [3.8, 4) is 28.1 Å². The molecular weight excluding hydrogens is 725 g/mol. The third-order valence-corrected chi connectivity index (χ3v) is 11.9. The number of fused-ring (bicyclic) bond motifs is 5. The topological polar surface area (TPSA) is 148 Å². The van der Waals surface area contributed by atoms with Crippen LogP contribution in [0.15, 0.2) is 47.2 Å². The van der Waals surface area contributed by atoms with Gasteiger partial charge in [-0.1, -0.05) is 26.0 Å². The Kier molecular flexibility index (Phi) is 10.4. The Bertz CT molecular complexity index is 2150. The summed E-state index contributed by atoms with van der Waals surface area (Å²) in [5.74, 6) is 1.59. The summed E-state index contributed by atoms with van der Waals surface area (Å²) in [6.45, 7) is 11.7. The first kappa shape index (κ1) is 38.7. The van der Waals surface area contributed by atoms with Crippen molar-refractivity contribution in [2.24, 2.45) is 16.8 Å². The molecule has 0 unspecified atom stereocenters. The first-order valence-electron chi connectivity index (χ1n) is 20.2. The number of carbonyl (C=O) groups excluding carboxylic acids is 3. The molecule has 8 rings (SSSR count). The highest BCUT2D eigenvalue weighted by molar-refractivity contribution is 6.05. The van der Waals surface area contributed by atoms with Crippen LogP contribution in [0.25, 0.3) is 28.0 Å². The number of imidazole rings is 1. The fourth-order valence-corrected chi connectivity index (χ4v) is 9.17. The molecule has 4 atom stereocenters. The van der Waals surface area contributed by atoms with Gasteiger partial charge in [-0.05, 0) is 110 Å². The summed E-state index contributed by atoms with van der Waals surface area (Å²) in [6, 6.07) is 9.91. The number of hydrogen-bond acceptors (Lipinski definition) is 9. The van der Waals surface area contributed by atoms with Crippen molar-refractivity contribution in [3.05, 3.63) is 64.7 Å². The molecule has 0 saturated carbocycles. The molecule has 13 nitrogen and oxygen atoms in total. The average molecular weight is 779 g/mol. The molecule has 4 aliphatic heterocycles. The summed E-state index contributed by atoms with van der Waals surface area (Å²) in [5, 5.41) is 2.71. The highest BCUT2D eigenvalue weighted by Crippen LogP contribution is 2.47. The zero-order chi connectivity index (χ0) is 40.2. The van der Waals surface area contributed by atoms with Crippen molar-refractivity contribution >= 4 is 29.4 Å². The zero-order valence-corrected chi connectivity index (χ0v) is 34.1. The molecule has 57 heavy (non-hydrogen) atoms. The summed E-state index contributed by atoms with van der Waals surface area (Å²) in [4.78, 5) is 56.1. The molecule has 3 aromatic rings. The monoisotopic (exact) mass is 778 g/mol. The lowest BCUT2D eigenvalue weighted by atomic mass is 9.83. The number of hydrogen-bond donors (Lipinski definition) is 2. The van der Waals surface area contributed by atoms with Gasteiger partial charge in [-0.15, -0.1) is 0 Å². The van der Waals surface area contributed by atoms with E-state index in [-0.39, 0.29) is 35.9 Å². The van der Waals surface area contributed by atoms with Gasteiger partial charge in [-0.3, -0.25) is 14.7 Å². The summed E-state index contributed by atoms with van der Waals surface area (Å²) in [7, 11) is 3.01. The molecule has 3 amide bonds. The van der Waals surface area contributed by atoms with Crippen molar-refractivity contribution in [2.75, 3.05) is 33.9 Å². The van der Waals surface area contributed by atoms with Gasteiger partial charge in [0, 0.05) is 49.5 Å². The van der Waals surface area contributed by atoms with E-state index in [0.717, 1.165) is 83.0 Å². The average Bonchev–Trinajstić information content (AvgIpc) is 4.01. The number of alkyl carbamates (subject to hydrolysis) is 1. The van der Waals surface area contributed by atoms with Crippen molar-refractivity contribution in [2.45, 2.75) is 103 Å². The van der Waals surface area contributed by atoms with Gasteiger partial charge in [-0.2, -0.15) is 0 Å². The minimum Gasteiger partial charge on any atom is -0.488 e. The molecule has 2 aromatic carbocycles. The maximum absolute atomic E-state index is 13.6. The summed E-state index contributed by atoms with van der Waals surface area (Å²) in [6.07, 6.45) is 5.79. The smallest absolute Gasteiger partial charge is 0.410 e. The van der Waals surface area contributed by atoms with Crippen LogP contribution in [0.2, 0.25) is 0 Å². The molecule has 2 fully saturated rings. The Morgan fingerprint density at radius 3 is 2.60 bits per heavy atom. The molecule has 1 aromatic heterocycles. The molecule has 0 radical (unpaired) electrons. The first-order chi connectivity index (χ1) is 27.3. The summed E-state index contributed by atoms with van der Waals surface area (Å²) >= 11 is 0. The number of ether oxygens (including phenoxy) is 4. The van der Waals surface area contributed by atoms with E-state index < -0.39 is 17.7 Å². The fraction of sp³-hybridized carbons (Fsp3) is 0.523. The molecule has 1 aliphatic carbocycles. The van der Waals surface area contributed by atoms with Gasteiger partial charge >= 0.3 is 12.2 Å². The number of aromatic amines is 1. The van der Waals surface area contributed by atoms with Crippen LogP contribution in [-0.2, 0) is 32.0 Å². The SMILES string of the molecule is COC[C@H]1C[C@@H](C2=NC3=C(C2)c2cc4c(cc2CC3)-c2ccc(-c3cnc([C@@H]5CCCN5C(=O)[C@@H](NC(=O)OC)C(C)C)[nH]3)cc2CO4)N(C(=O)OC(C)(C)C)C1. The van der Waals surface area contributed by atoms with Gasteiger partial charge in [0.2, 0.25) is 5.91 Å².